The van der Waals surface area contributed by atoms with Crippen LogP contribution in [-0.2, 0) is 13.0 Å². The third kappa shape index (κ3) is 2.30. The highest BCUT2D eigenvalue weighted by Gasteiger charge is 2.17. The summed E-state index contributed by atoms with van der Waals surface area (Å²) in [4.78, 5) is 6.56. The quantitative estimate of drug-likeness (QED) is 0.859. The molecule has 3 rings (SSSR count). The molecular formula is C16H16N4. The van der Waals surface area contributed by atoms with Crippen LogP contribution in [0.25, 0.3) is 0 Å². The molecule has 2 N–H and O–H groups in total. The number of hydrogen-bond acceptors (Lipinski definition) is 4. The number of hydrogen-bond donors (Lipinski definition) is 1. The van der Waals surface area contributed by atoms with Crippen molar-refractivity contribution in [2.45, 2.75) is 19.4 Å². The fourth-order valence-electron chi connectivity index (χ4n) is 2.68. The van der Waals surface area contributed by atoms with E-state index in [4.69, 9.17) is 11.0 Å². The van der Waals surface area contributed by atoms with Crippen LogP contribution >= 0.6 is 0 Å². The zero-order valence-corrected chi connectivity index (χ0v) is 11.2. The third-order valence-electron chi connectivity index (χ3n) is 3.68. The maximum Gasteiger partial charge on any atom is 0.152 e. The van der Waals surface area contributed by atoms with E-state index in [0.717, 1.165) is 31.7 Å². The van der Waals surface area contributed by atoms with Crippen LogP contribution in [0.4, 0.5) is 11.5 Å². The first-order valence-electron chi connectivity index (χ1n) is 6.75. The molecule has 0 aliphatic carbocycles. The van der Waals surface area contributed by atoms with Crippen LogP contribution < -0.4 is 10.6 Å². The average molecular weight is 264 g/mol. The summed E-state index contributed by atoms with van der Waals surface area (Å²) in [5.41, 5.74) is 9.85. The van der Waals surface area contributed by atoms with Crippen LogP contribution in [0.15, 0.2) is 36.5 Å². The molecule has 0 unspecified atom stereocenters. The molecule has 0 radical (unpaired) electrons. The van der Waals surface area contributed by atoms with Crippen molar-refractivity contribution in [3.8, 4) is 6.07 Å². The molecule has 20 heavy (non-hydrogen) atoms. The van der Waals surface area contributed by atoms with Crippen LogP contribution in [0.1, 0.15) is 23.1 Å². The highest BCUT2D eigenvalue weighted by atomic mass is 15.2. The highest BCUT2D eigenvalue weighted by Crippen LogP contribution is 2.26. The molecule has 0 saturated carbocycles. The summed E-state index contributed by atoms with van der Waals surface area (Å²) in [5, 5.41) is 8.88. The number of nitrogens with two attached hydrogens (primary N) is 1. The highest BCUT2D eigenvalue weighted by molar-refractivity contribution is 5.65. The third-order valence-corrected chi connectivity index (χ3v) is 3.68. The average Bonchev–Trinajstić information content (AvgIpc) is 2.69. The van der Waals surface area contributed by atoms with E-state index in [1.54, 1.807) is 12.3 Å². The first-order valence-corrected chi connectivity index (χ1v) is 6.75. The van der Waals surface area contributed by atoms with Gasteiger partial charge in [-0.25, -0.2) is 4.98 Å². The van der Waals surface area contributed by atoms with Crippen molar-refractivity contribution in [2.75, 3.05) is 17.2 Å². The number of rotatable bonds is 1. The summed E-state index contributed by atoms with van der Waals surface area (Å²) in [7, 11) is 0. The van der Waals surface area contributed by atoms with Crippen molar-refractivity contribution in [1.29, 1.82) is 5.26 Å². The Morgan fingerprint density at radius 1 is 1.25 bits per heavy atom. The smallest absolute Gasteiger partial charge is 0.152 e. The number of nitrogens with zero attached hydrogens (tertiary/aromatic N) is 3. The fraction of sp³-hybridized carbons (Fsp3) is 0.250. The molecule has 1 aliphatic rings. The Morgan fingerprint density at radius 2 is 2.05 bits per heavy atom. The Bertz CT molecular complexity index is 672. The van der Waals surface area contributed by atoms with Crippen LogP contribution in [0, 0.1) is 11.3 Å². The lowest BCUT2D eigenvalue weighted by molar-refractivity contribution is 0.756. The normalized spacial score (nSPS) is 14.2. The Morgan fingerprint density at radius 3 is 2.80 bits per heavy atom. The number of benzene rings is 1. The summed E-state index contributed by atoms with van der Waals surface area (Å²) in [6, 6.07) is 12.3. The molecule has 0 atom stereocenters. The second kappa shape index (κ2) is 5.22. The van der Waals surface area contributed by atoms with E-state index >= 15 is 0 Å². The summed E-state index contributed by atoms with van der Waals surface area (Å²) in [6.45, 7) is 1.75. The van der Waals surface area contributed by atoms with E-state index in [0.29, 0.717) is 11.3 Å². The molecule has 0 fully saturated rings. The Labute approximate surface area is 118 Å². The summed E-state index contributed by atoms with van der Waals surface area (Å²) >= 11 is 0. The van der Waals surface area contributed by atoms with E-state index < -0.39 is 0 Å². The number of aryl methyl sites for hydroxylation is 1. The maximum absolute atomic E-state index is 8.88. The van der Waals surface area contributed by atoms with Gasteiger partial charge in [-0.2, -0.15) is 5.26 Å². The van der Waals surface area contributed by atoms with Gasteiger partial charge in [0.2, 0.25) is 0 Å². The molecule has 2 heterocycles. The second-order valence-corrected chi connectivity index (χ2v) is 5.04. The standard InChI is InChI=1S/C16H16N4/c17-9-12-8-15(18)16(19-10-12)20-7-3-6-13-4-1-2-5-14(13)11-20/h1-2,4-5,8,10H,3,6-7,11,18H2. The van der Waals surface area contributed by atoms with E-state index in [1.807, 2.05) is 0 Å². The van der Waals surface area contributed by atoms with Gasteiger partial charge in [0, 0.05) is 19.3 Å². The van der Waals surface area contributed by atoms with Gasteiger partial charge in [0.05, 0.1) is 11.3 Å². The maximum atomic E-state index is 8.88. The molecular weight excluding hydrogens is 248 g/mol. The minimum absolute atomic E-state index is 0.501. The minimum atomic E-state index is 0.501. The lowest BCUT2D eigenvalue weighted by Gasteiger charge is -2.23. The van der Waals surface area contributed by atoms with Crippen molar-refractivity contribution in [3.63, 3.8) is 0 Å². The van der Waals surface area contributed by atoms with Crippen molar-refractivity contribution in [2.24, 2.45) is 0 Å². The molecule has 0 spiro atoms. The van der Waals surface area contributed by atoms with E-state index in [9.17, 15) is 0 Å². The minimum Gasteiger partial charge on any atom is -0.396 e. The lowest BCUT2D eigenvalue weighted by Crippen LogP contribution is -2.24. The zero-order chi connectivity index (χ0) is 13.9. The number of anilines is 2. The first kappa shape index (κ1) is 12.5. The lowest BCUT2D eigenvalue weighted by atomic mass is 10.0. The number of fused-ring (bicyclic) bond motifs is 1. The van der Waals surface area contributed by atoms with Crippen LogP contribution in [-0.4, -0.2) is 11.5 Å². The monoisotopic (exact) mass is 264 g/mol. The summed E-state index contributed by atoms with van der Waals surface area (Å²) in [5.74, 6) is 0.778. The molecule has 1 aliphatic heterocycles. The van der Waals surface area contributed by atoms with Gasteiger partial charge in [0.25, 0.3) is 0 Å². The van der Waals surface area contributed by atoms with Gasteiger partial charge < -0.3 is 10.6 Å². The SMILES string of the molecule is N#Cc1cnc(N2CCCc3ccccc3C2)c(N)c1. The molecule has 1 aromatic carbocycles. The molecule has 0 amide bonds. The molecule has 0 saturated heterocycles. The largest absolute Gasteiger partial charge is 0.396 e. The van der Waals surface area contributed by atoms with E-state index in [1.165, 1.54) is 11.1 Å². The summed E-state index contributed by atoms with van der Waals surface area (Å²) < 4.78 is 0. The molecule has 0 bridgehead atoms. The van der Waals surface area contributed by atoms with Crippen molar-refractivity contribution in [1.82, 2.24) is 4.98 Å². The predicted octanol–water partition coefficient (Wildman–Crippen LogP) is 2.49. The van der Waals surface area contributed by atoms with Crippen LogP contribution in [0.5, 0.6) is 0 Å². The van der Waals surface area contributed by atoms with Gasteiger partial charge in [-0.15, -0.1) is 0 Å². The first-order chi connectivity index (χ1) is 9.78. The van der Waals surface area contributed by atoms with Crippen molar-refractivity contribution < 1.29 is 0 Å². The second-order valence-electron chi connectivity index (χ2n) is 5.04. The Balaban J connectivity index is 1.94. The van der Waals surface area contributed by atoms with Crippen LogP contribution in [0.3, 0.4) is 0 Å². The molecule has 1 aromatic heterocycles. The number of nitriles is 1. The van der Waals surface area contributed by atoms with E-state index in [2.05, 4.69) is 40.2 Å². The van der Waals surface area contributed by atoms with E-state index in [-0.39, 0.29) is 0 Å². The van der Waals surface area contributed by atoms with Gasteiger partial charge in [-0.3, -0.25) is 0 Å². The Kier molecular flexibility index (Phi) is 3.26. The van der Waals surface area contributed by atoms with Crippen LogP contribution in [0.2, 0.25) is 0 Å². The van der Waals surface area contributed by atoms with Gasteiger partial charge >= 0.3 is 0 Å². The van der Waals surface area contributed by atoms with Gasteiger partial charge in [0.1, 0.15) is 6.07 Å². The topological polar surface area (TPSA) is 65.9 Å². The molecule has 2 aromatic rings. The van der Waals surface area contributed by atoms with Crippen molar-refractivity contribution >= 4 is 11.5 Å². The molecule has 100 valence electrons. The van der Waals surface area contributed by atoms with Gasteiger partial charge in [0.15, 0.2) is 5.82 Å². The van der Waals surface area contributed by atoms with Crippen molar-refractivity contribution in [3.05, 3.63) is 53.2 Å². The zero-order valence-electron chi connectivity index (χ0n) is 11.2. The predicted molar refractivity (Wildman–Crippen MR) is 79.2 cm³/mol. The number of pyridine rings is 1. The van der Waals surface area contributed by atoms with Gasteiger partial charge in [-0.05, 0) is 30.0 Å². The number of aromatic nitrogens is 1. The molecule has 4 heteroatoms. The Hall–Kier alpha value is -2.54. The van der Waals surface area contributed by atoms with Gasteiger partial charge in [-0.1, -0.05) is 24.3 Å². The number of nitrogen functional groups attached to an aromatic ring is 1. The fourth-order valence-corrected chi connectivity index (χ4v) is 2.68. The summed E-state index contributed by atoms with van der Waals surface area (Å²) in [6.07, 6.45) is 3.75. The molecule has 4 nitrogen and oxygen atoms in total.